The van der Waals surface area contributed by atoms with E-state index in [0.717, 1.165) is 0 Å². The molecule has 0 unspecified atom stereocenters. The van der Waals surface area contributed by atoms with Crippen LogP contribution in [0.3, 0.4) is 0 Å². The highest BCUT2D eigenvalue weighted by molar-refractivity contribution is 5.76. The predicted octanol–water partition coefficient (Wildman–Crippen LogP) is -0.595. The third kappa shape index (κ3) is 4.26. The Balaban J connectivity index is 1.50. The number of hydrogen-bond acceptors (Lipinski definition) is 7. The maximum absolute atomic E-state index is 12.3. The van der Waals surface area contributed by atoms with E-state index < -0.39 is 11.2 Å². The van der Waals surface area contributed by atoms with Crippen molar-refractivity contribution in [3.05, 3.63) is 45.2 Å². The molecule has 1 atom stereocenters. The summed E-state index contributed by atoms with van der Waals surface area (Å²) in [6.45, 7) is 1.24. The molecule has 138 valence electrons. The molecule has 0 aromatic carbocycles. The highest BCUT2D eigenvalue weighted by atomic mass is 16.5. The second-order valence-electron chi connectivity index (χ2n) is 5.84. The molecule has 2 aromatic rings. The zero-order valence-corrected chi connectivity index (χ0v) is 14.3. The second kappa shape index (κ2) is 7.81. The van der Waals surface area contributed by atoms with Crippen LogP contribution in [-0.4, -0.2) is 56.9 Å². The Hall–Kier alpha value is -3.17. The summed E-state index contributed by atoms with van der Waals surface area (Å²) in [4.78, 5) is 38.8. The van der Waals surface area contributed by atoms with Crippen LogP contribution in [0.1, 0.15) is 12.8 Å². The van der Waals surface area contributed by atoms with Crippen LogP contribution in [-0.2, 0) is 11.3 Å². The smallest absolute Gasteiger partial charge is 0.328 e. The minimum absolute atomic E-state index is 0.0741. The lowest BCUT2D eigenvalue weighted by atomic mass is 10.3. The van der Waals surface area contributed by atoms with Crippen LogP contribution in [0.2, 0.25) is 0 Å². The van der Waals surface area contributed by atoms with Crippen molar-refractivity contribution in [2.24, 2.45) is 0 Å². The van der Waals surface area contributed by atoms with Gasteiger partial charge in [0.05, 0.1) is 13.7 Å². The van der Waals surface area contributed by atoms with Gasteiger partial charge in [0.2, 0.25) is 17.7 Å². The number of aromatic nitrogens is 4. The third-order valence-corrected chi connectivity index (χ3v) is 4.07. The zero-order chi connectivity index (χ0) is 18.5. The third-order valence-electron chi connectivity index (χ3n) is 4.07. The average Bonchev–Trinajstić information content (AvgIpc) is 3.10. The monoisotopic (exact) mass is 361 g/mol. The number of aromatic amines is 1. The van der Waals surface area contributed by atoms with Gasteiger partial charge in [-0.25, -0.2) is 4.79 Å². The van der Waals surface area contributed by atoms with Crippen molar-refractivity contribution in [2.45, 2.75) is 25.5 Å². The van der Waals surface area contributed by atoms with Crippen molar-refractivity contribution in [1.29, 1.82) is 0 Å². The number of hydrogen-bond donors (Lipinski definition) is 1. The first-order valence-electron chi connectivity index (χ1n) is 8.17. The van der Waals surface area contributed by atoms with Crippen molar-refractivity contribution in [3.63, 3.8) is 0 Å². The molecular formula is C16H19N5O5. The topological polar surface area (TPSA) is 119 Å². The van der Waals surface area contributed by atoms with E-state index in [-0.39, 0.29) is 25.0 Å². The summed E-state index contributed by atoms with van der Waals surface area (Å²) >= 11 is 0. The van der Waals surface area contributed by atoms with E-state index in [0.29, 0.717) is 31.3 Å². The standard InChI is InChI=1S/C16H19N5O5/c1-25-13-2-3-14(19-18-13)26-11-4-7-21(10-11)15(23)6-9-20-8-5-12(22)17-16(20)24/h2-3,5,8,11H,4,6-7,9-10H2,1H3,(H,17,22,24)/t11-/m0/s1. The van der Waals surface area contributed by atoms with Gasteiger partial charge in [-0.05, 0) is 0 Å². The normalized spacial score (nSPS) is 16.5. The van der Waals surface area contributed by atoms with E-state index in [1.807, 2.05) is 0 Å². The molecule has 1 aliphatic rings. The number of nitrogens with zero attached hydrogens (tertiary/aromatic N) is 4. The number of methoxy groups -OCH3 is 1. The molecule has 1 fully saturated rings. The van der Waals surface area contributed by atoms with Crippen LogP contribution in [0.4, 0.5) is 0 Å². The number of ether oxygens (including phenoxy) is 2. The Morgan fingerprint density at radius 3 is 2.73 bits per heavy atom. The van der Waals surface area contributed by atoms with Crippen molar-refractivity contribution >= 4 is 5.91 Å². The number of amides is 1. The minimum atomic E-state index is -0.522. The fourth-order valence-corrected chi connectivity index (χ4v) is 2.70. The lowest BCUT2D eigenvalue weighted by Gasteiger charge is -2.17. The number of rotatable bonds is 6. The van der Waals surface area contributed by atoms with Gasteiger partial charge >= 0.3 is 5.69 Å². The first-order valence-corrected chi connectivity index (χ1v) is 8.17. The van der Waals surface area contributed by atoms with Gasteiger partial charge < -0.3 is 18.9 Å². The molecule has 3 heterocycles. The second-order valence-corrected chi connectivity index (χ2v) is 5.84. The molecule has 26 heavy (non-hydrogen) atoms. The summed E-state index contributed by atoms with van der Waals surface area (Å²) in [7, 11) is 1.51. The maximum Gasteiger partial charge on any atom is 0.328 e. The number of likely N-dealkylation sites (tertiary alicyclic amines) is 1. The molecular weight excluding hydrogens is 342 g/mol. The van der Waals surface area contributed by atoms with Gasteiger partial charge in [-0.15, -0.1) is 10.2 Å². The van der Waals surface area contributed by atoms with E-state index in [1.165, 1.54) is 23.9 Å². The molecule has 1 N–H and O–H groups in total. The van der Waals surface area contributed by atoms with Gasteiger partial charge in [0.1, 0.15) is 6.10 Å². The largest absolute Gasteiger partial charge is 0.480 e. The van der Waals surface area contributed by atoms with Crippen LogP contribution >= 0.6 is 0 Å². The molecule has 1 aliphatic heterocycles. The highest BCUT2D eigenvalue weighted by Gasteiger charge is 2.27. The summed E-state index contributed by atoms with van der Waals surface area (Å²) in [5.41, 5.74) is -0.982. The Morgan fingerprint density at radius 1 is 1.27 bits per heavy atom. The van der Waals surface area contributed by atoms with Gasteiger partial charge in [-0.3, -0.25) is 14.6 Å². The molecule has 0 radical (unpaired) electrons. The molecule has 0 bridgehead atoms. The van der Waals surface area contributed by atoms with Crippen molar-refractivity contribution in [1.82, 2.24) is 24.6 Å². The van der Waals surface area contributed by atoms with Crippen LogP contribution in [0.5, 0.6) is 11.8 Å². The van der Waals surface area contributed by atoms with E-state index in [4.69, 9.17) is 9.47 Å². The fourth-order valence-electron chi connectivity index (χ4n) is 2.70. The Bertz CT molecular complexity index is 876. The molecule has 3 rings (SSSR count). The van der Waals surface area contributed by atoms with Gasteiger partial charge in [-0.2, -0.15) is 0 Å². The van der Waals surface area contributed by atoms with Gasteiger partial charge in [0, 0.05) is 50.3 Å². The van der Waals surface area contributed by atoms with E-state index >= 15 is 0 Å². The molecule has 10 nitrogen and oxygen atoms in total. The van der Waals surface area contributed by atoms with E-state index in [1.54, 1.807) is 17.0 Å². The minimum Gasteiger partial charge on any atom is -0.480 e. The lowest BCUT2D eigenvalue weighted by molar-refractivity contribution is -0.130. The van der Waals surface area contributed by atoms with Crippen molar-refractivity contribution in [3.8, 4) is 11.8 Å². The Labute approximate surface area is 148 Å². The maximum atomic E-state index is 12.3. The number of H-pyrrole nitrogens is 1. The summed E-state index contributed by atoms with van der Waals surface area (Å²) in [6.07, 6.45) is 2.09. The van der Waals surface area contributed by atoms with Gasteiger partial charge in [0.25, 0.3) is 5.56 Å². The van der Waals surface area contributed by atoms with Gasteiger partial charge in [-0.1, -0.05) is 0 Å². The van der Waals surface area contributed by atoms with Crippen molar-refractivity contribution in [2.75, 3.05) is 20.2 Å². The molecule has 0 saturated carbocycles. The highest BCUT2D eigenvalue weighted by Crippen LogP contribution is 2.18. The lowest BCUT2D eigenvalue weighted by Crippen LogP contribution is -2.34. The number of carbonyl (C=O) groups excluding carboxylic acids is 1. The molecule has 2 aromatic heterocycles. The quantitative estimate of drug-likeness (QED) is 0.730. The summed E-state index contributed by atoms with van der Waals surface area (Å²) in [5.74, 6) is 0.706. The summed E-state index contributed by atoms with van der Waals surface area (Å²) < 4.78 is 12.0. The molecule has 10 heteroatoms. The van der Waals surface area contributed by atoms with E-state index in [2.05, 4.69) is 15.2 Å². The molecule has 0 aliphatic carbocycles. The fraction of sp³-hybridized carbons (Fsp3) is 0.438. The van der Waals surface area contributed by atoms with Crippen LogP contribution in [0.25, 0.3) is 0 Å². The summed E-state index contributed by atoms with van der Waals surface area (Å²) in [5, 5.41) is 7.74. The van der Waals surface area contributed by atoms with Crippen molar-refractivity contribution < 1.29 is 14.3 Å². The molecule has 0 spiro atoms. The van der Waals surface area contributed by atoms with Crippen LogP contribution in [0.15, 0.2) is 34.0 Å². The molecule has 1 amide bonds. The Kier molecular flexibility index (Phi) is 5.30. The number of nitrogens with one attached hydrogen (secondary N) is 1. The zero-order valence-electron chi connectivity index (χ0n) is 14.3. The Morgan fingerprint density at radius 2 is 2.04 bits per heavy atom. The SMILES string of the molecule is COc1ccc(O[C@H]2CCN(C(=O)CCn3ccc(=O)[nH]c3=O)C2)nn1. The van der Waals surface area contributed by atoms with Crippen LogP contribution < -0.4 is 20.7 Å². The van der Waals surface area contributed by atoms with Gasteiger partial charge in [0.15, 0.2) is 0 Å². The average molecular weight is 361 g/mol. The summed E-state index contributed by atoms with van der Waals surface area (Å²) in [6, 6.07) is 4.57. The van der Waals surface area contributed by atoms with Crippen LogP contribution in [0, 0.1) is 0 Å². The van der Waals surface area contributed by atoms with E-state index in [9.17, 15) is 14.4 Å². The predicted molar refractivity (Wildman–Crippen MR) is 90.1 cm³/mol. The first-order chi connectivity index (χ1) is 12.5. The molecule has 1 saturated heterocycles. The number of carbonyl (C=O) groups is 1. The number of aryl methyl sites for hydroxylation is 1. The first kappa shape index (κ1) is 17.6.